The van der Waals surface area contributed by atoms with Crippen LogP contribution in [0.2, 0.25) is 5.02 Å². The van der Waals surface area contributed by atoms with E-state index in [0.29, 0.717) is 40.3 Å². The van der Waals surface area contributed by atoms with Crippen LogP contribution >= 0.6 is 11.6 Å². The first kappa shape index (κ1) is 22.3. The van der Waals surface area contributed by atoms with E-state index in [1.54, 1.807) is 25.1 Å². The number of hydrogen-bond acceptors (Lipinski definition) is 5. The number of allylic oxidation sites excluding steroid dienone is 1. The molecule has 0 N–H and O–H groups in total. The molecule has 0 fully saturated rings. The van der Waals surface area contributed by atoms with Crippen molar-refractivity contribution in [3.63, 3.8) is 0 Å². The van der Waals surface area contributed by atoms with Crippen LogP contribution in [0.3, 0.4) is 0 Å². The van der Waals surface area contributed by atoms with Gasteiger partial charge in [-0.1, -0.05) is 31.7 Å². The van der Waals surface area contributed by atoms with Crippen molar-refractivity contribution in [2.24, 2.45) is 0 Å². The van der Waals surface area contributed by atoms with Crippen molar-refractivity contribution >= 4 is 34.3 Å². The lowest BCUT2D eigenvalue weighted by Gasteiger charge is -2.23. The zero-order valence-electron chi connectivity index (χ0n) is 17.7. The number of Topliss-reactive ketones (excluding diaryl/α,β-unsaturated/α-hetero) is 1. The highest BCUT2D eigenvalue weighted by atomic mass is 35.5. The van der Waals surface area contributed by atoms with E-state index in [1.165, 1.54) is 30.3 Å². The molecule has 0 saturated carbocycles. The lowest BCUT2D eigenvalue weighted by molar-refractivity contribution is 0.0808. The number of fused-ring (bicyclic) bond motifs is 1. The minimum absolute atomic E-state index is 0.173. The number of halogens is 1. The Morgan fingerprint density at radius 2 is 2.06 bits per heavy atom. The molecule has 0 bridgehead atoms. The number of carbonyl (C=O) groups excluding carboxylic acids is 2. The molecule has 2 heterocycles. The van der Waals surface area contributed by atoms with Gasteiger partial charge in [-0.25, -0.2) is 0 Å². The number of aryl methyl sites for hydroxylation is 1. The molecule has 1 aromatic carbocycles. The minimum atomic E-state index is -0.301. The normalized spacial score (nSPS) is 10.7. The molecule has 3 rings (SSSR count). The summed E-state index contributed by atoms with van der Waals surface area (Å²) in [6, 6.07) is 4.89. The fourth-order valence-electron chi connectivity index (χ4n) is 3.24. The summed E-state index contributed by atoms with van der Waals surface area (Å²) in [6.45, 7) is 13.3. The molecule has 0 radical (unpaired) electrons. The molecule has 6 nitrogen and oxygen atoms in total. The second kappa shape index (κ2) is 9.18. The average Bonchev–Trinajstić information content (AvgIpc) is 3.07. The van der Waals surface area contributed by atoms with Crippen molar-refractivity contribution in [3.05, 3.63) is 77.4 Å². The molecule has 0 aliphatic heterocycles. The maximum Gasteiger partial charge on any atom is 0.263 e. The van der Waals surface area contributed by atoms with Crippen LogP contribution in [0.15, 0.2) is 59.9 Å². The van der Waals surface area contributed by atoms with E-state index in [9.17, 15) is 9.59 Å². The zero-order chi connectivity index (χ0) is 22.7. The summed E-state index contributed by atoms with van der Waals surface area (Å²) in [5.74, 6) is 0.435. The first-order chi connectivity index (χ1) is 14.8. The summed E-state index contributed by atoms with van der Waals surface area (Å²) < 4.78 is 11.7. The van der Waals surface area contributed by atoms with Gasteiger partial charge in [0.05, 0.1) is 5.02 Å². The Bertz CT molecular complexity index is 1200. The van der Waals surface area contributed by atoms with Gasteiger partial charge in [-0.15, -0.1) is 0 Å². The van der Waals surface area contributed by atoms with Gasteiger partial charge in [-0.2, -0.15) is 0 Å². The quantitative estimate of drug-likeness (QED) is 0.303. The Balaban J connectivity index is 2.03. The molecule has 0 saturated heterocycles. The molecule has 7 heteroatoms. The molecule has 0 spiro atoms. The smallest absolute Gasteiger partial charge is 0.263 e. The van der Waals surface area contributed by atoms with Crippen LogP contribution in [0.5, 0.6) is 11.5 Å². The number of hydrogen-bond donors (Lipinski definition) is 0. The fraction of sp³-hybridized carbons (Fsp3) is 0.208. The van der Waals surface area contributed by atoms with Crippen LogP contribution < -0.4 is 4.74 Å². The number of ether oxygens (including phenoxy) is 1. The number of nitrogens with zero attached hydrogens (tertiary/aromatic N) is 2. The van der Waals surface area contributed by atoms with Crippen LogP contribution in [0.4, 0.5) is 0 Å². The van der Waals surface area contributed by atoms with Crippen LogP contribution in [0.25, 0.3) is 11.0 Å². The molecular formula is C24H23ClN2O4. The second-order valence-electron chi connectivity index (χ2n) is 7.02. The van der Waals surface area contributed by atoms with Crippen LogP contribution in [-0.4, -0.2) is 28.1 Å². The Labute approximate surface area is 185 Å². The number of carbonyl (C=O) groups is 2. The maximum atomic E-state index is 13.2. The van der Waals surface area contributed by atoms with Gasteiger partial charge in [0.15, 0.2) is 11.5 Å². The van der Waals surface area contributed by atoms with Crippen LogP contribution in [-0.2, 0) is 0 Å². The molecule has 2 aromatic heterocycles. The monoisotopic (exact) mass is 438 g/mol. The SMILES string of the molecule is C=CC(=C)N(CCC)C(=O)c1cnccc1Oc1cc2c(C)c(C(C)=O)oc2cc1Cl. The summed E-state index contributed by atoms with van der Waals surface area (Å²) in [5.41, 5.74) is 1.95. The highest BCUT2D eigenvalue weighted by molar-refractivity contribution is 6.32. The summed E-state index contributed by atoms with van der Waals surface area (Å²) in [6.07, 6.45) is 5.25. The number of amides is 1. The van der Waals surface area contributed by atoms with Crippen molar-refractivity contribution < 1.29 is 18.7 Å². The number of aromatic nitrogens is 1. The highest BCUT2D eigenvalue weighted by Crippen LogP contribution is 2.37. The van der Waals surface area contributed by atoms with Gasteiger partial charge in [-0.05, 0) is 31.6 Å². The van der Waals surface area contributed by atoms with Crippen molar-refractivity contribution in [2.45, 2.75) is 27.2 Å². The summed E-state index contributed by atoms with van der Waals surface area (Å²) in [4.78, 5) is 30.6. The molecule has 0 aliphatic carbocycles. The summed E-state index contributed by atoms with van der Waals surface area (Å²) in [7, 11) is 0. The molecule has 0 aliphatic rings. The molecule has 3 aromatic rings. The van der Waals surface area contributed by atoms with Gasteiger partial charge in [-0.3, -0.25) is 14.6 Å². The summed E-state index contributed by atoms with van der Waals surface area (Å²) in [5, 5.41) is 0.992. The predicted molar refractivity (Wildman–Crippen MR) is 121 cm³/mol. The van der Waals surface area contributed by atoms with Gasteiger partial charge in [0.25, 0.3) is 5.91 Å². The first-order valence-electron chi connectivity index (χ1n) is 9.77. The number of rotatable bonds is 8. The molecule has 1 amide bonds. The Kier molecular flexibility index (Phi) is 6.61. The first-order valence-corrected chi connectivity index (χ1v) is 10.1. The molecular weight excluding hydrogens is 416 g/mol. The van der Waals surface area contributed by atoms with Crippen LogP contribution in [0.1, 0.15) is 46.7 Å². The third-order valence-electron chi connectivity index (χ3n) is 4.82. The predicted octanol–water partition coefficient (Wildman–Crippen LogP) is 6.34. The van der Waals surface area contributed by atoms with Crippen molar-refractivity contribution in [3.8, 4) is 11.5 Å². The highest BCUT2D eigenvalue weighted by Gasteiger charge is 2.22. The van der Waals surface area contributed by atoms with Crippen molar-refractivity contribution in [2.75, 3.05) is 6.54 Å². The topological polar surface area (TPSA) is 72.6 Å². The van der Waals surface area contributed by atoms with Gasteiger partial charge in [0, 0.05) is 48.6 Å². The molecule has 31 heavy (non-hydrogen) atoms. The van der Waals surface area contributed by atoms with Gasteiger partial charge in [0.2, 0.25) is 0 Å². The van der Waals surface area contributed by atoms with Gasteiger partial charge >= 0.3 is 0 Å². The van der Waals surface area contributed by atoms with E-state index >= 15 is 0 Å². The standard InChI is InChI=1S/C24H23ClN2O4/c1-6-10-27(14(3)7-2)24(29)18-13-26-9-8-20(18)30-22-11-17-15(4)23(16(5)28)31-21(17)12-19(22)25/h7-9,11-13H,2-3,6,10H2,1,4-5H3. The zero-order valence-corrected chi connectivity index (χ0v) is 18.5. The fourth-order valence-corrected chi connectivity index (χ4v) is 3.43. The van der Waals surface area contributed by atoms with Gasteiger partial charge in [0.1, 0.15) is 22.6 Å². The Morgan fingerprint density at radius 3 is 2.71 bits per heavy atom. The number of furan rings is 1. The second-order valence-corrected chi connectivity index (χ2v) is 7.42. The maximum absolute atomic E-state index is 13.2. The average molecular weight is 439 g/mol. The largest absolute Gasteiger partial charge is 0.455 e. The molecule has 160 valence electrons. The van der Waals surface area contributed by atoms with E-state index in [4.69, 9.17) is 20.8 Å². The van der Waals surface area contributed by atoms with Crippen LogP contribution in [0, 0.1) is 6.92 Å². The number of pyridine rings is 1. The van der Waals surface area contributed by atoms with E-state index < -0.39 is 0 Å². The lowest BCUT2D eigenvalue weighted by atomic mass is 10.1. The Morgan fingerprint density at radius 1 is 1.32 bits per heavy atom. The number of ketones is 1. The molecule has 0 unspecified atom stereocenters. The van der Waals surface area contributed by atoms with Gasteiger partial charge < -0.3 is 14.1 Å². The third kappa shape index (κ3) is 4.39. The third-order valence-corrected chi connectivity index (χ3v) is 5.11. The van der Waals surface area contributed by atoms with E-state index in [0.717, 1.165) is 6.42 Å². The summed E-state index contributed by atoms with van der Waals surface area (Å²) >= 11 is 6.40. The lowest BCUT2D eigenvalue weighted by Crippen LogP contribution is -2.30. The van der Waals surface area contributed by atoms with E-state index in [-0.39, 0.29) is 28.0 Å². The van der Waals surface area contributed by atoms with Crippen molar-refractivity contribution in [1.29, 1.82) is 0 Å². The number of benzene rings is 1. The molecule has 0 atom stereocenters. The minimum Gasteiger partial charge on any atom is -0.455 e. The van der Waals surface area contributed by atoms with E-state index in [1.807, 2.05) is 6.92 Å². The Hall–Kier alpha value is -3.38. The van der Waals surface area contributed by atoms with E-state index in [2.05, 4.69) is 18.1 Å². The van der Waals surface area contributed by atoms with Crippen molar-refractivity contribution in [1.82, 2.24) is 9.88 Å².